The van der Waals surface area contributed by atoms with Crippen molar-refractivity contribution in [2.24, 2.45) is 47.3 Å². The lowest BCUT2D eigenvalue weighted by Crippen LogP contribution is -2.17. The maximum absolute atomic E-state index is 7.37. The number of hydrogen-bond acceptors (Lipinski definition) is 8. The van der Waals surface area contributed by atoms with Crippen LogP contribution in [0.2, 0.25) is 0 Å². The molecule has 5 rings (SSSR count). The lowest BCUT2D eigenvalue weighted by Gasteiger charge is -2.26. The number of hydrogen-bond donors (Lipinski definition) is 0. The number of ether oxygens (including phenoxy) is 8. The lowest BCUT2D eigenvalue weighted by molar-refractivity contribution is 0.218. The van der Waals surface area contributed by atoms with Gasteiger partial charge in [-0.15, -0.1) is 0 Å². The van der Waals surface area contributed by atoms with E-state index in [9.17, 15) is 0 Å². The summed E-state index contributed by atoms with van der Waals surface area (Å²) >= 11 is 0. The minimum Gasteiger partial charge on any atom is -0.493 e. The largest absolute Gasteiger partial charge is 0.493 e. The first-order valence-corrected chi connectivity index (χ1v) is 42.5. The highest BCUT2D eigenvalue weighted by Crippen LogP contribution is 2.44. The molecule has 0 N–H and O–H groups in total. The van der Waals surface area contributed by atoms with Crippen LogP contribution in [0.25, 0.3) is 0 Å². The molecule has 8 atom stereocenters. The topological polar surface area (TPSA) is 73.8 Å². The maximum atomic E-state index is 7.37. The van der Waals surface area contributed by atoms with Crippen LogP contribution < -0.4 is 37.9 Å². The van der Waals surface area contributed by atoms with E-state index in [0.717, 1.165) is 193 Å². The molecule has 0 saturated heterocycles. The van der Waals surface area contributed by atoms with E-state index in [2.05, 4.69) is 159 Å². The van der Waals surface area contributed by atoms with E-state index in [1.807, 2.05) is 0 Å². The summed E-state index contributed by atoms with van der Waals surface area (Å²) in [7, 11) is 0. The van der Waals surface area contributed by atoms with Gasteiger partial charge < -0.3 is 37.9 Å². The SMILES string of the molecule is CCCCC(CC)COc1cc(OCC(CC)CCCC)c2cc1Cc1cc(c(OCC(CC)CCCC)cc1OCC(CC)CCCC)Cc1cc(c(OCC(CC)CCCC)cc1OCC(CC)CCCC)Cc1cc(c(OCC(CC)CCCC)cc1OCC(CC)CCCC)C2. The average Bonchev–Trinajstić information content (AvgIpc) is 0.783. The summed E-state index contributed by atoms with van der Waals surface area (Å²) < 4.78 is 59.0. The molecule has 8 nitrogen and oxygen atoms in total. The van der Waals surface area contributed by atoms with Gasteiger partial charge in [0.15, 0.2) is 0 Å². The van der Waals surface area contributed by atoms with Crippen LogP contribution in [0.15, 0.2) is 48.5 Å². The molecule has 0 radical (unpaired) electrons. The molecule has 8 heteroatoms. The second-order valence-corrected chi connectivity index (χ2v) is 30.8. The van der Waals surface area contributed by atoms with Gasteiger partial charge in [-0.2, -0.15) is 0 Å². The Balaban J connectivity index is 2.03. The van der Waals surface area contributed by atoms with Gasteiger partial charge in [-0.05, 0) is 167 Å². The van der Waals surface area contributed by atoms with Crippen molar-refractivity contribution >= 4 is 0 Å². The number of fused-ring (bicyclic) bond motifs is 8. The average molecular weight is 1390 g/mol. The molecule has 0 aliphatic heterocycles. The summed E-state index contributed by atoms with van der Waals surface area (Å²) in [6.45, 7) is 42.4. The minimum absolute atomic E-state index is 0.440. The van der Waals surface area contributed by atoms with E-state index in [1.54, 1.807) is 0 Å². The van der Waals surface area contributed by atoms with Gasteiger partial charge in [0.1, 0.15) is 46.0 Å². The van der Waals surface area contributed by atoms with Crippen molar-refractivity contribution in [2.75, 3.05) is 52.9 Å². The molecular formula is C92H152O8. The van der Waals surface area contributed by atoms with Gasteiger partial charge in [0.2, 0.25) is 0 Å². The van der Waals surface area contributed by atoms with Crippen LogP contribution >= 0.6 is 0 Å². The summed E-state index contributed by atoms with van der Waals surface area (Å²) in [5, 5.41) is 0. The van der Waals surface area contributed by atoms with Crippen LogP contribution in [-0.4, -0.2) is 52.9 Å². The highest BCUT2D eigenvalue weighted by Gasteiger charge is 2.27. The highest BCUT2D eigenvalue weighted by molar-refractivity contribution is 5.59. The second-order valence-electron chi connectivity index (χ2n) is 30.8. The Morgan fingerprint density at radius 3 is 0.410 bits per heavy atom. The summed E-state index contributed by atoms with van der Waals surface area (Å²) in [4.78, 5) is 0. The summed E-state index contributed by atoms with van der Waals surface area (Å²) in [6.07, 6.45) is 39.0. The minimum atomic E-state index is 0.440. The zero-order valence-corrected chi connectivity index (χ0v) is 67.6. The molecule has 4 aromatic rings. The Morgan fingerprint density at radius 1 is 0.190 bits per heavy atom. The van der Waals surface area contributed by atoms with Gasteiger partial charge in [0.05, 0.1) is 52.9 Å². The molecule has 568 valence electrons. The lowest BCUT2D eigenvalue weighted by atomic mass is 9.91. The highest BCUT2D eigenvalue weighted by atomic mass is 16.5. The first-order chi connectivity index (χ1) is 48.8. The van der Waals surface area contributed by atoms with E-state index < -0.39 is 0 Å². The van der Waals surface area contributed by atoms with E-state index in [4.69, 9.17) is 37.9 Å². The standard InChI is InChI=1S/C92H152O8/c1-17-33-41-69(25-9)61-93-85-57-86(94-62-70(26-10)42-34-18-2)78-49-77(85)53-79-50-80(88(96-64-72(28-12)44-36-20-4)58-87(79)95-63-71(27-11)43-35-19-3)55-83-52-84(92(100-68-76(32-16)48-40-24-8)60-91(83)99-67-75(31-15)47-39-23-7)56-82-51-81(54-78)89(97-65-73(29-13)45-37-21-5)59-90(82)98-66-74(30-14)46-38-22-6/h49-52,57-60,69-76H,17-48,53-56,61-68H2,1-16H3. The Morgan fingerprint density at radius 2 is 0.310 bits per heavy atom. The van der Waals surface area contributed by atoms with Crippen molar-refractivity contribution in [2.45, 2.75) is 342 Å². The fourth-order valence-electron chi connectivity index (χ4n) is 14.5. The summed E-state index contributed by atoms with van der Waals surface area (Å²) in [5.41, 5.74) is 9.16. The molecule has 8 bridgehead atoms. The monoisotopic (exact) mass is 1390 g/mol. The molecule has 0 saturated carbocycles. The number of rotatable bonds is 56. The van der Waals surface area contributed by atoms with E-state index >= 15 is 0 Å². The van der Waals surface area contributed by atoms with Gasteiger partial charge >= 0.3 is 0 Å². The second kappa shape index (κ2) is 50.6. The van der Waals surface area contributed by atoms with E-state index in [1.165, 1.54) is 103 Å². The normalized spacial score (nSPS) is 14.7. The van der Waals surface area contributed by atoms with Crippen LogP contribution in [0, 0.1) is 47.3 Å². The molecule has 0 heterocycles. The van der Waals surface area contributed by atoms with Crippen molar-refractivity contribution in [3.63, 3.8) is 0 Å². The Hall–Kier alpha value is -4.72. The third-order valence-corrected chi connectivity index (χ3v) is 22.6. The quantitative estimate of drug-likeness (QED) is 0.0381. The Bertz CT molecular complexity index is 2250. The van der Waals surface area contributed by atoms with Crippen molar-refractivity contribution in [3.8, 4) is 46.0 Å². The predicted molar refractivity (Wildman–Crippen MR) is 427 cm³/mol. The third kappa shape index (κ3) is 29.8. The molecule has 0 spiro atoms. The maximum Gasteiger partial charge on any atom is 0.126 e. The molecule has 100 heavy (non-hydrogen) atoms. The molecular weight excluding hydrogens is 1230 g/mol. The summed E-state index contributed by atoms with van der Waals surface area (Å²) in [6, 6.07) is 19.1. The fourth-order valence-corrected chi connectivity index (χ4v) is 14.5. The molecule has 0 aromatic heterocycles. The number of unbranched alkanes of at least 4 members (excludes halogenated alkanes) is 8. The first kappa shape index (κ1) is 85.9. The Labute approximate surface area is 615 Å². The molecule has 1 aliphatic rings. The van der Waals surface area contributed by atoms with Gasteiger partial charge in [0.25, 0.3) is 0 Å². The van der Waals surface area contributed by atoms with Crippen LogP contribution in [-0.2, 0) is 25.7 Å². The van der Waals surface area contributed by atoms with Crippen LogP contribution in [0.3, 0.4) is 0 Å². The van der Waals surface area contributed by atoms with Gasteiger partial charge in [-0.25, -0.2) is 0 Å². The van der Waals surface area contributed by atoms with Crippen molar-refractivity contribution in [1.29, 1.82) is 0 Å². The molecule has 8 unspecified atom stereocenters. The molecule has 0 amide bonds. The van der Waals surface area contributed by atoms with Crippen LogP contribution in [0.1, 0.15) is 361 Å². The molecule has 4 aromatic carbocycles. The smallest absolute Gasteiger partial charge is 0.126 e. The Kier molecular flexibility index (Phi) is 43.5. The molecule has 1 aliphatic carbocycles. The third-order valence-electron chi connectivity index (χ3n) is 22.6. The van der Waals surface area contributed by atoms with E-state index in [-0.39, 0.29) is 0 Å². The number of benzene rings is 4. The van der Waals surface area contributed by atoms with Gasteiger partial charge in [-0.3, -0.25) is 0 Å². The van der Waals surface area contributed by atoms with Gasteiger partial charge in [-0.1, -0.05) is 265 Å². The van der Waals surface area contributed by atoms with Crippen molar-refractivity contribution in [3.05, 3.63) is 93.0 Å². The zero-order valence-electron chi connectivity index (χ0n) is 67.6. The van der Waals surface area contributed by atoms with Crippen molar-refractivity contribution in [1.82, 2.24) is 0 Å². The van der Waals surface area contributed by atoms with E-state index in [0.29, 0.717) is 126 Å². The van der Waals surface area contributed by atoms with Crippen molar-refractivity contribution < 1.29 is 37.9 Å². The fraction of sp³-hybridized carbons (Fsp3) is 0.739. The zero-order chi connectivity index (χ0) is 72.3. The first-order valence-electron chi connectivity index (χ1n) is 42.5. The summed E-state index contributed by atoms with van der Waals surface area (Å²) in [5.74, 6) is 10.7. The van der Waals surface area contributed by atoms with Crippen LogP contribution in [0.4, 0.5) is 0 Å². The molecule has 0 fully saturated rings. The predicted octanol–water partition coefficient (Wildman–Crippen LogP) is 27.1. The van der Waals surface area contributed by atoms with Crippen LogP contribution in [0.5, 0.6) is 46.0 Å². The van der Waals surface area contributed by atoms with Gasteiger partial charge in [0, 0.05) is 49.9 Å².